The molecule has 2 N–H and O–H groups in total. The van der Waals surface area contributed by atoms with Crippen LogP contribution >= 0.6 is 0 Å². The fourth-order valence-corrected chi connectivity index (χ4v) is 2.87. The Kier molecular flexibility index (Phi) is 6.56. The van der Waals surface area contributed by atoms with Crippen LogP contribution in [0.2, 0.25) is 0 Å². The standard InChI is InChI=1S/C18H24N4O4/c23-10-14-3-5-15(6-4-14)26-17-7-9-25-11-16(17)21-18(24)2-1-8-22-13-19-12-20-22/h3-6,12-13,16-17,23H,1-2,7-11H2,(H,21,24)/t16-,17-/m1/s1. The van der Waals surface area contributed by atoms with Gasteiger partial charge in [0.05, 0.1) is 25.9 Å². The van der Waals surface area contributed by atoms with Crippen molar-refractivity contribution in [3.63, 3.8) is 0 Å². The normalized spacial score (nSPS) is 19.9. The number of aromatic nitrogens is 3. The maximum atomic E-state index is 12.2. The molecule has 0 bridgehead atoms. The number of amides is 1. The molecule has 140 valence electrons. The van der Waals surface area contributed by atoms with Crippen LogP contribution in [0, 0.1) is 0 Å². The van der Waals surface area contributed by atoms with Gasteiger partial charge in [-0.3, -0.25) is 9.48 Å². The number of hydrogen-bond acceptors (Lipinski definition) is 6. The van der Waals surface area contributed by atoms with Gasteiger partial charge in [0.1, 0.15) is 24.5 Å². The predicted molar refractivity (Wildman–Crippen MR) is 93.4 cm³/mol. The summed E-state index contributed by atoms with van der Waals surface area (Å²) in [7, 11) is 0. The molecular formula is C18H24N4O4. The van der Waals surface area contributed by atoms with Crippen LogP contribution in [0.5, 0.6) is 5.75 Å². The van der Waals surface area contributed by atoms with Crippen LogP contribution in [0.4, 0.5) is 0 Å². The van der Waals surface area contributed by atoms with E-state index in [0.29, 0.717) is 39.0 Å². The number of aliphatic hydroxyl groups is 1. The molecule has 0 saturated carbocycles. The van der Waals surface area contributed by atoms with Crippen LogP contribution in [-0.4, -0.2) is 51.1 Å². The van der Waals surface area contributed by atoms with Crippen LogP contribution in [0.15, 0.2) is 36.9 Å². The van der Waals surface area contributed by atoms with Gasteiger partial charge >= 0.3 is 0 Å². The Balaban J connectivity index is 1.48. The lowest BCUT2D eigenvalue weighted by molar-refractivity contribution is -0.124. The second-order valence-corrected chi connectivity index (χ2v) is 6.26. The van der Waals surface area contributed by atoms with Crippen molar-refractivity contribution in [2.45, 2.75) is 44.6 Å². The smallest absolute Gasteiger partial charge is 0.220 e. The molecule has 2 atom stereocenters. The molecule has 1 saturated heterocycles. The first-order chi connectivity index (χ1) is 12.7. The zero-order valence-electron chi connectivity index (χ0n) is 14.6. The third-order valence-electron chi connectivity index (χ3n) is 4.29. The Morgan fingerprint density at radius 3 is 2.96 bits per heavy atom. The van der Waals surface area contributed by atoms with Crippen LogP contribution in [0.1, 0.15) is 24.8 Å². The molecular weight excluding hydrogens is 336 g/mol. The molecule has 26 heavy (non-hydrogen) atoms. The lowest BCUT2D eigenvalue weighted by Crippen LogP contribution is -2.51. The minimum Gasteiger partial charge on any atom is -0.488 e. The van der Waals surface area contributed by atoms with Crippen molar-refractivity contribution in [1.29, 1.82) is 0 Å². The predicted octanol–water partition coefficient (Wildman–Crippen LogP) is 0.903. The zero-order valence-corrected chi connectivity index (χ0v) is 14.6. The summed E-state index contributed by atoms with van der Waals surface area (Å²) in [4.78, 5) is 16.1. The van der Waals surface area contributed by atoms with Gasteiger partial charge in [-0.2, -0.15) is 5.10 Å². The Hall–Kier alpha value is -2.45. The van der Waals surface area contributed by atoms with Crippen molar-refractivity contribution in [2.24, 2.45) is 0 Å². The Morgan fingerprint density at radius 2 is 2.23 bits per heavy atom. The summed E-state index contributed by atoms with van der Waals surface area (Å²) in [5.74, 6) is 0.698. The quantitative estimate of drug-likeness (QED) is 0.726. The Bertz CT molecular complexity index is 675. The third-order valence-corrected chi connectivity index (χ3v) is 4.29. The number of benzene rings is 1. The lowest BCUT2D eigenvalue weighted by Gasteiger charge is -2.32. The van der Waals surface area contributed by atoms with Crippen molar-refractivity contribution in [2.75, 3.05) is 13.2 Å². The van der Waals surface area contributed by atoms with E-state index in [4.69, 9.17) is 14.6 Å². The average molecular weight is 360 g/mol. The van der Waals surface area contributed by atoms with E-state index < -0.39 is 0 Å². The van der Waals surface area contributed by atoms with Crippen LogP contribution < -0.4 is 10.1 Å². The number of rotatable bonds is 8. The SMILES string of the molecule is O=C(CCCn1cncn1)N[C@@H]1COCC[C@H]1Oc1ccc(CO)cc1. The Labute approximate surface area is 152 Å². The molecule has 0 aliphatic carbocycles. The fourth-order valence-electron chi connectivity index (χ4n) is 2.87. The van der Waals surface area contributed by atoms with Gasteiger partial charge in [0.15, 0.2) is 0 Å². The molecule has 1 aliphatic rings. The van der Waals surface area contributed by atoms with Gasteiger partial charge < -0.3 is 19.9 Å². The maximum Gasteiger partial charge on any atom is 0.220 e. The van der Waals surface area contributed by atoms with Gasteiger partial charge in [0, 0.05) is 19.4 Å². The van der Waals surface area contributed by atoms with E-state index in [0.717, 1.165) is 11.3 Å². The van der Waals surface area contributed by atoms with Crippen LogP contribution in [0.25, 0.3) is 0 Å². The van der Waals surface area contributed by atoms with E-state index in [1.54, 1.807) is 11.0 Å². The summed E-state index contributed by atoms with van der Waals surface area (Å²) < 4.78 is 13.2. The fraction of sp³-hybridized carbons (Fsp3) is 0.500. The van der Waals surface area contributed by atoms with E-state index >= 15 is 0 Å². The highest BCUT2D eigenvalue weighted by Crippen LogP contribution is 2.19. The van der Waals surface area contributed by atoms with Gasteiger partial charge in [-0.15, -0.1) is 0 Å². The first kappa shape index (κ1) is 18.3. The largest absolute Gasteiger partial charge is 0.488 e. The summed E-state index contributed by atoms with van der Waals surface area (Å²) in [6.07, 6.45) is 4.80. The topological polar surface area (TPSA) is 98.5 Å². The van der Waals surface area contributed by atoms with E-state index in [1.165, 1.54) is 6.33 Å². The van der Waals surface area contributed by atoms with Gasteiger partial charge in [-0.05, 0) is 24.1 Å². The summed E-state index contributed by atoms with van der Waals surface area (Å²) in [5.41, 5.74) is 0.835. The number of hydrogen-bond donors (Lipinski definition) is 2. The minimum absolute atomic E-state index is 0.00479. The molecule has 1 fully saturated rings. The molecule has 2 aromatic rings. The number of carbonyl (C=O) groups is 1. The number of nitrogens with one attached hydrogen (secondary N) is 1. The van der Waals surface area contributed by atoms with Gasteiger partial charge in [0.2, 0.25) is 5.91 Å². The highest BCUT2D eigenvalue weighted by Gasteiger charge is 2.28. The summed E-state index contributed by atoms with van der Waals surface area (Å²) in [6, 6.07) is 7.13. The maximum absolute atomic E-state index is 12.2. The second kappa shape index (κ2) is 9.30. The molecule has 0 spiro atoms. The van der Waals surface area contributed by atoms with Gasteiger partial charge in [0.25, 0.3) is 0 Å². The zero-order chi connectivity index (χ0) is 18.2. The van der Waals surface area contributed by atoms with Gasteiger partial charge in [-0.25, -0.2) is 4.98 Å². The number of ether oxygens (including phenoxy) is 2. The third kappa shape index (κ3) is 5.27. The molecule has 0 unspecified atom stereocenters. The highest BCUT2D eigenvalue weighted by atomic mass is 16.5. The monoisotopic (exact) mass is 360 g/mol. The van der Waals surface area contributed by atoms with Crippen molar-refractivity contribution in [3.8, 4) is 5.75 Å². The van der Waals surface area contributed by atoms with E-state index in [-0.39, 0.29) is 24.7 Å². The number of carbonyl (C=O) groups excluding carboxylic acids is 1. The second-order valence-electron chi connectivity index (χ2n) is 6.26. The van der Waals surface area contributed by atoms with E-state index in [2.05, 4.69) is 15.4 Å². The molecule has 1 amide bonds. The lowest BCUT2D eigenvalue weighted by atomic mass is 10.1. The number of nitrogens with zero attached hydrogens (tertiary/aromatic N) is 3. The molecule has 8 nitrogen and oxygen atoms in total. The van der Waals surface area contributed by atoms with Crippen LogP contribution in [-0.2, 0) is 22.7 Å². The summed E-state index contributed by atoms with van der Waals surface area (Å²) >= 11 is 0. The number of aryl methyl sites for hydroxylation is 1. The first-order valence-corrected chi connectivity index (χ1v) is 8.80. The molecule has 1 aromatic carbocycles. The van der Waals surface area contributed by atoms with Crippen molar-refractivity contribution in [3.05, 3.63) is 42.5 Å². The molecule has 3 rings (SSSR count). The summed E-state index contributed by atoms with van der Waals surface area (Å²) in [6.45, 7) is 1.71. The number of aliphatic hydroxyl groups excluding tert-OH is 1. The molecule has 1 aliphatic heterocycles. The molecule has 8 heteroatoms. The minimum atomic E-state index is -0.180. The molecule has 2 heterocycles. The summed E-state index contributed by atoms with van der Waals surface area (Å²) in [5, 5.41) is 16.1. The van der Waals surface area contributed by atoms with Crippen molar-refractivity contribution in [1.82, 2.24) is 20.1 Å². The van der Waals surface area contributed by atoms with Crippen LogP contribution in [0.3, 0.4) is 0 Å². The van der Waals surface area contributed by atoms with E-state index in [9.17, 15) is 4.79 Å². The van der Waals surface area contributed by atoms with Crippen molar-refractivity contribution >= 4 is 5.91 Å². The first-order valence-electron chi connectivity index (χ1n) is 8.80. The van der Waals surface area contributed by atoms with Crippen molar-refractivity contribution < 1.29 is 19.4 Å². The highest BCUT2D eigenvalue weighted by molar-refractivity contribution is 5.76. The molecule has 0 radical (unpaired) electrons. The van der Waals surface area contributed by atoms with E-state index in [1.807, 2.05) is 24.3 Å². The Morgan fingerprint density at radius 1 is 1.38 bits per heavy atom. The average Bonchev–Trinajstić information content (AvgIpc) is 3.17. The van der Waals surface area contributed by atoms with Gasteiger partial charge in [-0.1, -0.05) is 12.1 Å². The molecule has 1 aromatic heterocycles.